The second-order valence-corrected chi connectivity index (χ2v) is 8.12. The molecule has 1 saturated heterocycles. The SMILES string of the molecule is Cc1ccc(N2CCC(NC(=O)N(C3CC3)[C@@H](C)C3CC3)CC2)nc1. The maximum absolute atomic E-state index is 12.8. The first kappa shape index (κ1) is 16.7. The number of pyridine rings is 1. The van der Waals surface area contributed by atoms with Gasteiger partial charge >= 0.3 is 6.03 Å². The number of hydrogen-bond donors (Lipinski definition) is 1. The van der Waals surface area contributed by atoms with E-state index in [9.17, 15) is 4.79 Å². The number of urea groups is 1. The van der Waals surface area contributed by atoms with Crippen LogP contribution < -0.4 is 10.2 Å². The van der Waals surface area contributed by atoms with Gasteiger partial charge in [0.1, 0.15) is 5.82 Å². The molecule has 5 heteroatoms. The van der Waals surface area contributed by atoms with Gasteiger partial charge in [0, 0.05) is 37.4 Å². The Morgan fingerprint density at radius 3 is 2.48 bits per heavy atom. The van der Waals surface area contributed by atoms with Gasteiger partial charge in [-0.3, -0.25) is 0 Å². The van der Waals surface area contributed by atoms with Crippen molar-refractivity contribution in [2.75, 3.05) is 18.0 Å². The average molecular weight is 342 g/mol. The van der Waals surface area contributed by atoms with Crippen molar-refractivity contribution in [1.29, 1.82) is 0 Å². The number of carbonyl (C=O) groups excluding carboxylic acids is 1. The predicted molar refractivity (Wildman–Crippen MR) is 99.8 cm³/mol. The lowest BCUT2D eigenvalue weighted by atomic mass is 10.0. The summed E-state index contributed by atoms with van der Waals surface area (Å²) in [5, 5.41) is 3.32. The molecule has 3 fully saturated rings. The summed E-state index contributed by atoms with van der Waals surface area (Å²) in [7, 11) is 0. The molecular formula is C20H30N4O. The summed E-state index contributed by atoms with van der Waals surface area (Å²) in [6.45, 7) is 6.22. The van der Waals surface area contributed by atoms with E-state index in [0.29, 0.717) is 18.1 Å². The first-order valence-electron chi connectivity index (χ1n) is 9.88. The van der Waals surface area contributed by atoms with Gasteiger partial charge in [-0.05, 0) is 69.9 Å². The molecule has 2 amide bonds. The Hall–Kier alpha value is -1.78. The Balaban J connectivity index is 1.30. The second-order valence-electron chi connectivity index (χ2n) is 8.12. The molecule has 25 heavy (non-hydrogen) atoms. The van der Waals surface area contributed by atoms with Crippen molar-refractivity contribution in [3.63, 3.8) is 0 Å². The normalized spacial score (nSPS) is 22.6. The summed E-state index contributed by atoms with van der Waals surface area (Å²) in [5.41, 5.74) is 1.19. The number of amides is 2. The minimum Gasteiger partial charge on any atom is -0.356 e. The van der Waals surface area contributed by atoms with Crippen molar-refractivity contribution in [2.24, 2.45) is 5.92 Å². The number of rotatable bonds is 5. The summed E-state index contributed by atoms with van der Waals surface area (Å²) in [6.07, 6.45) is 8.87. The fourth-order valence-electron chi connectivity index (χ4n) is 3.99. The molecule has 0 aromatic carbocycles. The lowest BCUT2D eigenvalue weighted by Gasteiger charge is -2.36. The van der Waals surface area contributed by atoms with Crippen LogP contribution in [0.1, 0.15) is 51.0 Å². The van der Waals surface area contributed by atoms with Gasteiger partial charge < -0.3 is 15.1 Å². The smallest absolute Gasteiger partial charge is 0.318 e. The van der Waals surface area contributed by atoms with E-state index in [-0.39, 0.29) is 6.03 Å². The summed E-state index contributed by atoms with van der Waals surface area (Å²) >= 11 is 0. The molecule has 0 bridgehead atoms. The van der Waals surface area contributed by atoms with E-state index in [1.807, 2.05) is 6.20 Å². The van der Waals surface area contributed by atoms with Crippen LogP contribution in [0.5, 0.6) is 0 Å². The van der Waals surface area contributed by atoms with Crippen LogP contribution in [0.4, 0.5) is 10.6 Å². The molecule has 1 atom stereocenters. The largest absolute Gasteiger partial charge is 0.356 e. The van der Waals surface area contributed by atoms with Gasteiger partial charge in [-0.2, -0.15) is 0 Å². The van der Waals surface area contributed by atoms with Crippen LogP contribution in [0.15, 0.2) is 18.3 Å². The van der Waals surface area contributed by atoms with E-state index in [0.717, 1.165) is 37.7 Å². The van der Waals surface area contributed by atoms with Gasteiger partial charge in [0.25, 0.3) is 0 Å². The zero-order valence-electron chi connectivity index (χ0n) is 15.4. The van der Waals surface area contributed by atoms with Crippen LogP contribution in [0.25, 0.3) is 0 Å². The fourth-order valence-corrected chi connectivity index (χ4v) is 3.99. The number of nitrogens with zero attached hydrogens (tertiary/aromatic N) is 3. The first-order valence-corrected chi connectivity index (χ1v) is 9.88. The van der Waals surface area contributed by atoms with Crippen LogP contribution in [-0.2, 0) is 0 Å². The van der Waals surface area contributed by atoms with Gasteiger partial charge in [-0.15, -0.1) is 0 Å². The highest BCUT2D eigenvalue weighted by atomic mass is 16.2. The van der Waals surface area contributed by atoms with Crippen LogP contribution >= 0.6 is 0 Å². The second kappa shape index (κ2) is 6.85. The Morgan fingerprint density at radius 2 is 1.92 bits per heavy atom. The van der Waals surface area contributed by atoms with Crippen LogP contribution in [0, 0.1) is 12.8 Å². The Bertz CT molecular complexity index is 601. The molecule has 0 unspecified atom stereocenters. The number of hydrogen-bond acceptors (Lipinski definition) is 3. The highest BCUT2D eigenvalue weighted by Gasteiger charge is 2.42. The van der Waals surface area contributed by atoms with Crippen LogP contribution in [-0.4, -0.2) is 47.1 Å². The summed E-state index contributed by atoms with van der Waals surface area (Å²) in [4.78, 5) is 21.9. The first-order chi connectivity index (χ1) is 12.1. The Morgan fingerprint density at radius 1 is 1.20 bits per heavy atom. The highest BCUT2D eigenvalue weighted by molar-refractivity contribution is 5.75. The highest BCUT2D eigenvalue weighted by Crippen LogP contribution is 2.39. The van der Waals surface area contributed by atoms with Crippen LogP contribution in [0.2, 0.25) is 0 Å². The monoisotopic (exact) mass is 342 g/mol. The number of anilines is 1. The van der Waals surface area contributed by atoms with Crippen molar-refractivity contribution in [1.82, 2.24) is 15.2 Å². The lowest BCUT2D eigenvalue weighted by Crippen LogP contribution is -2.52. The third-order valence-electron chi connectivity index (χ3n) is 5.96. The molecule has 2 aliphatic carbocycles. The molecule has 3 aliphatic rings. The topological polar surface area (TPSA) is 48.5 Å². The van der Waals surface area contributed by atoms with Crippen molar-refractivity contribution < 1.29 is 4.79 Å². The van der Waals surface area contributed by atoms with Gasteiger partial charge in [0.2, 0.25) is 0 Å². The Labute approximate surface area is 150 Å². The third-order valence-corrected chi connectivity index (χ3v) is 5.96. The van der Waals surface area contributed by atoms with E-state index in [2.05, 4.69) is 46.1 Å². The Kier molecular flexibility index (Phi) is 4.57. The van der Waals surface area contributed by atoms with Gasteiger partial charge in [0.15, 0.2) is 0 Å². The molecule has 2 saturated carbocycles. The zero-order chi connectivity index (χ0) is 17.4. The van der Waals surface area contributed by atoms with Crippen LogP contribution in [0.3, 0.4) is 0 Å². The molecule has 5 nitrogen and oxygen atoms in total. The predicted octanol–water partition coefficient (Wildman–Crippen LogP) is 3.33. The van der Waals surface area contributed by atoms with Gasteiger partial charge in [-0.25, -0.2) is 9.78 Å². The molecular weight excluding hydrogens is 312 g/mol. The van der Waals surface area contributed by atoms with Gasteiger partial charge in [-0.1, -0.05) is 6.07 Å². The molecule has 1 N–H and O–H groups in total. The number of carbonyl (C=O) groups is 1. The van der Waals surface area contributed by atoms with E-state index in [1.54, 1.807) is 0 Å². The van der Waals surface area contributed by atoms with Crippen molar-refractivity contribution >= 4 is 11.8 Å². The summed E-state index contributed by atoms with van der Waals surface area (Å²) in [6, 6.07) is 5.58. The summed E-state index contributed by atoms with van der Waals surface area (Å²) in [5.74, 6) is 1.79. The van der Waals surface area contributed by atoms with Gasteiger partial charge in [0.05, 0.1) is 0 Å². The molecule has 0 spiro atoms. The molecule has 1 aromatic rings. The summed E-state index contributed by atoms with van der Waals surface area (Å²) < 4.78 is 0. The lowest BCUT2D eigenvalue weighted by molar-refractivity contribution is 0.161. The van der Waals surface area contributed by atoms with E-state index in [4.69, 9.17) is 0 Å². The van der Waals surface area contributed by atoms with E-state index in [1.165, 1.54) is 31.2 Å². The van der Waals surface area contributed by atoms with Crippen molar-refractivity contribution in [3.05, 3.63) is 23.9 Å². The molecule has 0 radical (unpaired) electrons. The minimum atomic E-state index is 0.175. The van der Waals surface area contributed by atoms with Crippen molar-refractivity contribution in [3.8, 4) is 0 Å². The molecule has 136 valence electrons. The molecule has 1 aliphatic heterocycles. The molecule has 1 aromatic heterocycles. The number of aryl methyl sites for hydroxylation is 1. The average Bonchev–Trinajstić information content (AvgIpc) is 3.49. The minimum absolute atomic E-state index is 0.175. The maximum Gasteiger partial charge on any atom is 0.318 e. The van der Waals surface area contributed by atoms with Crippen molar-refractivity contribution in [2.45, 2.75) is 70.5 Å². The molecule has 4 rings (SSSR count). The standard InChI is InChI=1S/C20H30N4O/c1-14-3-8-19(21-13-14)23-11-9-17(10-12-23)22-20(25)24(18-6-7-18)15(2)16-4-5-16/h3,8,13,15-18H,4-7,9-12H2,1-2H3,(H,22,25)/t15-/m0/s1. The maximum atomic E-state index is 12.8. The third kappa shape index (κ3) is 3.91. The zero-order valence-corrected chi connectivity index (χ0v) is 15.4. The fraction of sp³-hybridized carbons (Fsp3) is 0.700. The van der Waals surface area contributed by atoms with E-state index < -0.39 is 0 Å². The molecule has 2 heterocycles. The van der Waals surface area contributed by atoms with E-state index >= 15 is 0 Å². The number of aromatic nitrogens is 1. The quantitative estimate of drug-likeness (QED) is 0.893. The number of piperidine rings is 1. The number of nitrogens with one attached hydrogen (secondary N) is 1.